The highest BCUT2D eigenvalue weighted by atomic mass is 16.5. The molecule has 1 N–H and O–H groups in total. The average Bonchev–Trinajstić information content (AvgIpc) is 3.01. The van der Waals surface area contributed by atoms with E-state index in [1.165, 1.54) is 38.5 Å². The SMILES string of the molecule is O=C(O)C1CCN(CC2CCC3(CCCC3)O2)CC1. The van der Waals surface area contributed by atoms with Crippen molar-refractivity contribution in [2.45, 2.75) is 63.1 Å². The van der Waals surface area contributed by atoms with E-state index in [-0.39, 0.29) is 11.5 Å². The van der Waals surface area contributed by atoms with Crippen molar-refractivity contribution in [2.24, 2.45) is 5.92 Å². The van der Waals surface area contributed by atoms with Crippen molar-refractivity contribution in [3.05, 3.63) is 0 Å². The van der Waals surface area contributed by atoms with Gasteiger partial charge in [0, 0.05) is 6.54 Å². The monoisotopic (exact) mass is 267 g/mol. The molecule has 1 aliphatic carbocycles. The van der Waals surface area contributed by atoms with Crippen LogP contribution in [0.3, 0.4) is 0 Å². The van der Waals surface area contributed by atoms with E-state index in [1.54, 1.807) is 0 Å². The summed E-state index contributed by atoms with van der Waals surface area (Å²) in [5.74, 6) is -0.747. The van der Waals surface area contributed by atoms with Gasteiger partial charge in [0.1, 0.15) is 0 Å². The Morgan fingerprint density at radius 1 is 1.16 bits per heavy atom. The van der Waals surface area contributed by atoms with Crippen LogP contribution in [0.4, 0.5) is 0 Å². The minimum atomic E-state index is -0.623. The van der Waals surface area contributed by atoms with Crippen LogP contribution in [-0.2, 0) is 9.53 Å². The highest BCUT2D eigenvalue weighted by Crippen LogP contribution is 2.43. The molecule has 3 fully saturated rings. The van der Waals surface area contributed by atoms with E-state index in [2.05, 4.69) is 4.90 Å². The van der Waals surface area contributed by atoms with E-state index in [0.29, 0.717) is 6.10 Å². The van der Waals surface area contributed by atoms with Crippen LogP contribution in [0, 0.1) is 5.92 Å². The molecule has 2 heterocycles. The fourth-order valence-corrected chi connectivity index (χ4v) is 4.06. The third kappa shape index (κ3) is 2.95. The molecule has 19 heavy (non-hydrogen) atoms. The number of carbonyl (C=O) groups is 1. The summed E-state index contributed by atoms with van der Waals surface area (Å²) in [5.41, 5.74) is 0.226. The van der Waals surface area contributed by atoms with Crippen LogP contribution < -0.4 is 0 Å². The second kappa shape index (κ2) is 5.41. The lowest BCUT2D eigenvalue weighted by Gasteiger charge is -2.32. The van der Waals surface area contributed by atoms with Crippen molar-refractivity contribution < 1.29 is 14.6 Å². The van der Waals surface area contributed by atoms with Crippen LogP contribution in [-0.4, -0.2) is 47.3 Å². The molecule has 2 aliphatic heterocycles. The van der Waals surface area contributed by atoms with Gasteiger partial charge < -0.3 is 14.7 Å². The van der Waals surface area contributed by atoms with Gasteiger partial charge in [0.2, 0.25) is 0 Å². The van der Waals surface area contributed by atoms with E-state index in [0.717, 1.165) is 32.5 Å². The maximum atomic E-state index is 10.9. The maximum Gasteiger partial charge on any atom is 0.306 e. The van der Waals surface area contributed by atoms with Crippen molar-refractivity contribution in [1.29, 1.82) is 0 Å². The number of carboxylic acids is 1. The van der Waals surface area contributed by atoms with Gasteiger partial charge in [0.25, 0.3) is 0 Å². The molecular formula is C15H25NO3. The smallest absolute Gasteiger partial charge is 0.306 e. The number of aliphatic carboxylic acids is 1. The van der Waals surface area contributed by atoms with E-state index in [9.17, 15) is 4.79 Å². The first-order valence-electron chi connectivity index (χ1n) is 7.80. The van der Waals surface area contributed by atoms with Gasteiger partial charge in [-0.1, -0.05) is 12.8 Å². The summed E-state index contributed by atoms with van der Waals surface area (Å²) < 4.78 is 6.33. The molecule has 4 nitrogen and oxygen atoms in total. The van der Waals surface area contributed by atoms with Gasteiger partial charge in [-0.15, -0.1) is 0 Å². The summed E-state index contributed by atoms with van der Waals surface area (Å²) in [4.78, 5) is 13.3. The summed E-state index contributed by atoms with van der Waals surface area (Å²) in [7, 11) is 0. The predicted molar refractivity (Wildman–Crippen MR) is 72.1 cm³/mol. The van der Waals surface area contributed by atoms with Crippen LogP contribution in [0.15, 0.2) is 0 Å². The number of carboxylic acid groups (broad SMARTS) is 1. The van der Waals surface area contributed by atoms with E-state index < -0.39 is 5.97 Å². The Hall–Kier alpha value is -0.610. The number of hydrogen-bond acceptors (Lipinski definition) is 3. The zero-order chi connectivity index (χ0) is 13.3. The maximum absolute atomic E-state index is 10.9. The van der Waals surface area contributed by atoms with Gasteiger partial charge in [0.15, 0.2) is 0 Å². The van der Waals surface area contributed by atoms with Gasteiger partial charge in [-0.2, -0.15) is 0 Å². The highest BCUT2D eigenvalue weighted by molar-refractivity contribution is 5.70. The van der Waals surface area contributed by atoms with Gasteiger partial charge >= 0.3 is 5.97 Å². The van der Waals surface area contributed by atoms with E-state index >= 15 is 0 Å². The molecule has 1 atom stereocenters. The molecule has 0 bridgehead atoms. The molecule has 4 heteroatoms. The first kappa shape index (κ1) is 13.4. The number of rotatable bonds is 3. The molecule has 0 aromatic rings. The molecule has 0 aromatic carbocycles. The first-order chi connectivity index (χ1) is 9.17. The lowest BCUT2D eigenvalue weighted by atomic mass is 9.96. The molecule has 3 aliphatic rings. The normalized spacial score (nSPS) is 32.1. The Morgan fingerprint density at radius 3 is 2.47 bits per heavy atom. The molecule has 0 aromatic heterocycles. The van der Waals surface area contributed by atoms with E-state index in [4.69, 9.17) is 9.84 Å². The van der Waals surface area contributed by atoms with Crippen LogP contribution >= 0.6 is 0 Å². The Kier molecular flexibility index (Phi) is 3.81. The van der Waals surface area contributed by atoms with Gasteiger partial charge in [0.05, 0.1) is 17.6 Å². The molecule has 1 saturated carbocycles. The van der Waals surface area contributed by atoms with Crippen molar-refractivity contribution in [2.75, 3.05) is 19.6 Å². The second-order valence-electron chi connectivity index (χ2n) is 6.58. The average molecular weight is 267 g/mol. The van der Waals surface area contributed by atoms with E-state index in [1.807, 2.05) is 0 Å². The number of likely N-dealkylation sites (tertiary alicyclic amines) is 1. The first-order valence-corrected chi connectivity index (χ1v) is 7.80. The fraction of sp³-hybridized carbons (Fsp3) is 0.933. The summed E-state index contributed by atoms with van der Waals surface area (Å²) in [6.45, 7) is 2.85. The van der Waals surface area contributed by atoms with Crippen LogP contribution in [0.2, 0.25) is 0 Å². The number of piperidine rings is 1. The minimum absolute atomic E-state index is 0.123. The molecule has 0 amide bonds. The van der Waals surface area contributed by atoms with Crippen molar-refractivity contribution in [3.63, 3.8) is 0 Å². The van der Waals surface area contributed by atoms with Gasteiger partial charge in [-0.25, -0.2) is 0 Å². The summed E-state index contributed by atoms with van der Waals surface area (Å²) in [6, 6.07) is 0. The van der Waals surface area contributed by atoms with Gasteiger partial charge in [-0.05, 0) is 51.6 Å². The number of nitrogens with zero attached hydrogens (tertiary/aromatic N) is 1. The molecule has 1 spiro atoms. The lowest BCUT2D eigenvalue weighted by molar-refractivity contribution is -0.143. The Balaban J connectivity index is 1.44. The largest absolute Gasteiger partial charge is 0.481 e. The number of ether oxygens (including phenoxy) is 1. The predicted octanol–water partition coefficient (Wildman–Crippen LogP) is 2.27. The van der Waals surface area contributed by atoms with Crippen molar-refractivity contribution in [1.82, 2.24) is 4.90 Å². The van der Waals surface area contributed by atoms with Crippen LogP contribution in [0.25, 0.3) is 0 Å². The zero-order valence-electron chi connectivity index (χ0n) is 11.6. The summed E-state index contributed by atoms with van der Waals surface area (Å²) >= 11 is 0. The Morgan fingerprint density at radius 2 is 1.84 bits per heavy atom. The fourth-order valence-electron chi connectivity index (χ4n) is 4.06. The molecule has 2 saturated heterocycles. The third-order valence-corrected chi connectivity index (χ3v) is 5.25. The molecular weight excluding hydrogens is 242 g/mol. The molecule has 1 unspecified atom stereocenters. The molecule has 0 radical (unpaired) electrons. The van der Waals surface area contributed by atoms with Crippen LogP contribution in [0.1, 0.15) is 51.4 Å². The van der Waals surface area contributed by atoms with Crippen molar-refractivity contribution in [3.8, 4) is 0 Å². The highest BCUT2D eigenvalue weighted by Gasteiger charge is 2.42. The summed E-state index contributed by atoms with van der Waals surface area (Å²) in [5, 5.41) is 9.00. The van der Waals surface area contributed by atoms with Gasteiger partial charge in [-0.3, -0.25) is 4.79 Å². The summed E-state index contributed by atoms with van der Waals surface area (Å²) in [6.07, 6.45) is 9.59. The second-order valence-corrected chi connectivity index (χ2v) is 6.58. The van der Waals surface area contributed by atoms with Crippen molar-refractivity contribution >= 4 is 5.97 Å². The molecule has 3 rings (SSSR count). The Labute approximate surface area is 115 Å². The Bertz CT molecular complexity index is 330. The zero-order valence-corrected chi connectivity index (χ0v) is 11.6. The quantitative estimate of drug-likeness (QED) is 0.852. The molecule has 108 valence electrons. The standard InChI is InChI=1S/C15H25NO3/c17-14(18)12-4-9-16(10-5-12)11-13-3-8-15(19-13)6-1-2-7-15/h12-13H,1-11H2,(H,17,18). The minimum Gasteiger partial charge on any atom is -0.481 e. The third-order valence-electron chi connectivity index (χ3n) is 5.25. The lowest BCUT2D eigenvalue weighted by Crippen LogP contribution is -2.41. The topological polar surface area (TPSA) is 49.8 Å². The number of hydrogen-bond donors (Lipinski definition) is 1. The van der Waals surface area contributed by atoms with Crippen LogP contribution in [0.5, 0.6) is 0 Å².